The first-order valence-electron chi connectivity index (χ1n) is 11.5. The zero-order chi connectivity index (χ0) is 25.4. The van der Waals surface area contributed by atoms with Crippen molar-refractivity contribution in [3.05, 3.63) is 83.4 Å². The third kappa shape index (κ3) is 4.07. The number of benzene rings is 3. The van der Waals surface area contributed by atoms with Crippen molar-refractivity contribution in [2.24, 2.45) is 5.10 Å². The first-order chi connectivity index (χ1) is 17.3. The number of rotatable bonds is 6. The van der Waals surface area contributed by atoms with E-state index in [-0.39, 0.29) is 26.8 Å². The van der Waals surface area contributed by atoms with Gasteiger partial charge in [0.1, 0.15) is 22.0 Å². The number of fused-ring (bicyclic) bond motifs is 2. The summed E-state index contributed by atoms with van der Waals surface area (Å²) in [4.78, 5) is 9.35. The third-order valence-electron chi connectivity index (χ3n) is 6.00. The van der Waals surface area contributed by atoms with E-state index in [0.717, 1.165) is 22.4 Å². The lowest BCUT2D eigenvalue weighted by molar-refractivity contribution is 0.340. The fourth-order valence-corrected chi connectivity index (χ4v) is 5.51. The lowest BCUT2D eigenvalue weighted by Gasteiger charge is -2.07. The monoisotopic (exact) mass is 499 g/mol. The van der Waals surface area contributed by atoms with E-state index in [9.17, 15) is 8.42 Å². The highest BCUT2D eigenvalue weighted by atomic mass is 32.2. The number of para-hydroxylation sites is 2. The molecule has 2 heterocycles. The van der Waals surface area contributed by atoms with Crippen LogP contribution in [0.5, 0.6) is 5.75 Å². The second kappa shape index (κ2) is 9.09. The summed E-state index contributed by atoms with van der Waals surface area (Å²) < 4.78 is 34.5. The van der Waals surface area contributed by atoms with Crippen molar-refractivity contribution >= 4 is 44.1 Å². The number of anilines is 1. The lowest BCUT2D eigenvalue weighted by Crippen LogP contribution is -2.07. The van der Waals surface area contributed by atoms with E-state index in [2.05, 4.69) is 15.1 Å². The zero-order valence-electron chi connectivity index (χ0n) is 20.1. The van der Waals surface area contributed by atoms with E-state index >= 15 is 0 Å². The standard InChI is InChI=1S/C27H25N5O3S/c1-4-35-20-12-10-19(11-13-20)16-29-32-26(28)25(36(33,34)21-14-9-17(2)18(3)15-21)24-27(32)31-23-8-6-5-7-22(23)30-24/h5-16H,4,28H2,1-3H3/b29-16+. The van der Waals surface area contributed by atoms with Gasteiger partial charge in [-0.3, -0.25) is 0 Å². The molecule has 0 aliphatic heterocycles. The summed E-state index contributed by atoms with van der Waals surface area (Å²) >= 11 is 0. The molecule has 36 heavy (non-hydrogen) atoms. The van der Waals surface area contributed by atoms with E-state index in [1.165, 1.54) is 4.68 Å². The molecule has 5 aromatic rings. The van der Waals surface area contributed by atoms with Crippen LogP contribution >= 0.6 is 0 Å². The fourth-order valence-electron chi connectivity index (χ4n) is 3.94. The molecule has 0 fully saturated rings. The summed E-state index contributed by atoms with van der Waals surface area (Å²) in [5.41, 5.74) is 10.7. The molecular formula is C27H25N5O3S. The largest absolute Gasteiger partial charge is 0.494 e. The highest BCUT2D eigenvalue weighted by Gasteiger charge is 2.30. The molecule has 0 unspecified atom stereocenters. The van der Waals surface area contributed by atoms with Crippen LogP contribution in [0.25, 0.3) is 22.2 Å². The highest BCUT2D eigenvalue weighted by molar-refractivity contribution is 7.92. The van der Waals surface area contributed by atoms with Gasteiger partial charge in [0.2, 0.25) is 9.84 Å². The van der Waals surface area contributed by atoms with Crippen LogP contribution in [0.1, 0.15) is 23.6 Å². The SMILES string of the molecule is CCOc1ccc(/C=N/n2c(N)c(S(=O)(=O)c3ccc(C)c(C)c3)c3nc4ccccc4nc32)cc1. The summed E-state index contributed by atoms with van der Waals surface area (Å²) in [6, 6.07) is 19.6. The van der Waals surface area contributed by atoms with Gasteiger partial charge in [-0.2, -0.15) is 9.78 Å². The van der Waals surface area contributed by atoms with Crippen molar-refractivity contribution in [3.63, 3.8) is 0 Å². The van der Waals surface area contributed by atoms with Gasteiger partial charge in [-0.1, -0.05) is 18.2 Å². The molecule has 0 bridgehead atoms. The molecule has 8 nitrogen and oxygen atoms in total. The number of nitrogens with zero attached hydrogens (tertiary/aromatic N) is 4. The number of nitrogens with two attached hydrogens (primary N) is 1. The van der Waals surface area contributed by atoms with Crippen LogP contribution in [-0.4, -0.2) is 35.9 Å². The molecule has 0 amide bonds. The van der Waals surface area contributed by atoms with Gasteiger partial charge in [-0.15, -0.1) is 0 Å². The van der Waals surface area contributed by atoms with Gasteiger partial charge in [-0.25, -0.2) is 18.4 Å². The van der Waals surface area contributed by atoms with E-state index in [1.807, 2.05) is 63.2 Å². The first-order valence-corrected chi connectivity index (χ1v) is 12.9. The van der Waals surface area contributed by atoms with E-state index in [1.54, 1.807) is 30.5 Å². The van der Waals surface area contributed by atoms with Crippen molar-refractivity contribution in [3.8, 4) is 5.75 Å². The maximum Gasteiger partial charge on any atom is 0.212 e. The number of ether oxygens (including phenoxy) is 1. The average Bonchev–Trinajstić information content (AvgIpc) is 3.14. The van der Waals surface area contributed by atoms with Crippen LogP contribution in [0.2, 0.25) is 0 Å². The first kappa shape index (κ1) is 23.5. The van der Waals surface area contributed by atoms with Crippen LogP contribution in [-0.2, 0) is 9.84 Å². The minimum atomic E-state index is -4.02. The summed E-state index contributed by atoms with van der Waals surface area (Å²) in [5.74, 6) is 0.695. The predicted molar refractivity (Wildman–Crippen MR) is 141 cm³/mol. The second-order valence-corrected chi connectivity index (χ2v) is 10.3. The molecule has 0 saturated carbocycles. The van der Waals surface area contributed by atoms with E-state index in [4.69, 9.17) is 10.5 Å². The molecule has 0 aliphatic carbocycles. The number of hydrogen-bond donors (Lipinski definition) is 1. The Hall–Kier alpha value is -4.24. The predicted octanol–water partition coefficient (Wildman–Crippen LogP) is 4.90. The van der Waals surface area contributed by atoms with Crippen LogP contribution in [0.4, 0.5) is 5.82 Å². The van der Waals surface area contributed by atoms with E-state index in [0.29, 0.717) is 17.6 Å². The molecule has 5 rings (SSSR count). The van der Waals surface area contributed by atoms with Crippen molar-refractivity contribution in [2.45, 2.75) is 30.6 Å². The summed E-state index contributed by atoms with van der Waals surface area (Å²) in [7, 11) is -4.02. The van der Waals surface area contributed by atoms with Gasteiger partial charge in [0.05, 0.1) is 28.8 Å². The van der Waals surface area contributed by atoms with Gasteiger partial charge in [0.15, 0.2) is 5.65 Å². The Bertz CT molecular complexity index is 1740. The molecular weight excluding hydrogens is 474 g/mol. The zero-order valence-corrected chi connectivity index (χ0v) is 21.0. The molecule has 2 N–H and O–H groups in total. The number of hydrogen-bond acceptors (Lipinski definition) is 7. The van der Waals surface area contributed by atoms with E-state index < -0.39 is 9.84 Å². The molecule has 3 aromatic carbocycles. The van der Waals surface area contributed by atoms with Crippen molar-refractivity contribution < 1.29 is 13.2 Å². The Morgan fingerprint density at radius 3 is 2.33 bits per heavy atom. The second-order valence-electron chi connectivity index (χ2n) is 8.41. The van der Waals surface area contributed by atoms with Crippen molar-refractivity contribution in [1.82, 2.24) is 14.6 Å². The Balaban J connectivity index is 1.72. The topological polar surface area (TPSA) is 112 Å². The molecule has 0 spiro atoms. The van der Waals surface area contributed by atoms with Crippen molar-refractivity contribution in [1.29, 1.82) is 0 Å². The van der Waals surface area contributed by atoms with Gasteiger partial charge in [-0.05, 0) is 86.0 Å². The number of aromatic nitrogens is 3. The van der Waals surface area contributed by atoms with Crippen LogP contribution < -0.4 is 10.5 Å². The van der Waals surface area contributed by atoms with Crippen LogP contribution in [0, 0.1) is 13.8 Å². The lowest BCUT2D eigenvalue weighted by atomic mass is 10.1. The Labute approximate surface area is 209 Å². The third-order valence-corrected chi connectivity index (χ3v) is 7.81. The smallest absolute Gasteiger partial charge is 0.212 e. The minimum Gasteiger partial charge on any atom is -0.494 e. The Kier molecular flexibility index (Phi) is 5.93. The minimum absolute atomic E-state index is 0.0549. The maximum absolute atomic E-state index is 13.8. The molecule has 0 radical (unpaired) electrons. The van der Waals surface area contributed by atoms with Gasteiger partial charge in [0, 0.05) is 0 Å². The average molecular weight is 500 g/mol. The van der Waals surface area contributed by atoms with Crippen molar-refractivity contribution in [2.75, 3.05) is 12.3 Å². The quantitative estimate of drug-likeness (QED) is 0.333. The summed E-state index contributed by atoms with van der Waals surface area (Å²) in [5, 5.41) is 4.51. The number of nitrogen functional groups attached to an aromatic ring is 1. The van der Waals surface area contributed by atoms with Gasteiger partial charge < -0.3 is 10.5 Å². The Morgan fingerprint density at radius 2 is 1.67 bits per heavy atom. The van der Waals surface area contributed by atoms with Crippen LogP contribution in [0.15, 0.2) is 81.6 Å². The Morgan fingerprint density at radius 1 is 0.972 bits per heavy atom. The molecule has 0 saturated heterocycles. The van der Waals surface area contributed by atoms with Gasteiger partial charge in [0.25, 0.3) is 0 Å². The summed E-state index contributed by atoms with van der Waals surface area (Å²) in [6.45, 7) is 6.29. The normalized spacial score (nSPS) is 12.1. The number of sulfone groups is 1. The molecule has 2 aromatic heterocycles. The molecule has 182 valence electrons. The van der Waals surface area contributed by atoms with Gasteiger partial charge >= 0.3 is 0 Å². The highest BCUT2D eigenvalue weighted by Crippen LogP contribution is 2.35. The summed E-state index contributed by atoms with van der Waals surface area (Å²) in [6.07, 6.45) is 1.59. The number of aryl methyl sites for hydroxylation is 2. The molecule has 0 atom stereocenters. The molecule has 9 heteroatoms. The maximum atomic E-state index is 13.8. The fraction of sp³-hybridized carbons (Fsp3) is 0.148. The van der Waals surface area contributed by atoms with Crippen LogP contribution in [0.3, 0.4) is 0 Å². The molecule has 0 aliphatic rings.